The molecule has 0 aliphatic carbocycles. The van der Waals surface area contributed by atoms with Crippen LogP contribution in [0.5, 0.6) is 0 Å². The number of aromatic nitrogens is 2. The summed E-state index contributed by atoms with van der Waals surface area (Å²) in [5.74, 6) is 1.04. The van der Waals surface area contributed by atoms with Crippen molar-refractivity contribution in [2.75, 3.05) is 38.5 Å². The number of piperazine rings is 1. The third-order valence-corrected chi connectivity index (χ3v) is 5.35. The van der Waals surface area contributed by atoms with Gasteiger partial charge in [0.15, 0.2) is 5.11 Å². The lowest BCUT2D eigenvalue weighted by Crippen LogP contribution is -2.48. The molecule has 1 N–H and O–H groups in total. The summed E-state index contributed by atoms with van der Waals surface area (Å²) in [5.41, 5.74) is 2.77. The molecule has 1 aromatic heterocycles. The fourth-order valence-corrected chi connectivity index (χ4v) is 3.68. The van der Waals surface area contributed by atoms with Crippen molar-refractivity contribution in [2.45, 2.75) is 26.2 Å². The van der Waals surface area contributed by atoms with Crippen molar-refractivity contribution < 1.29 is 0 Å². The number of hydrogen-bond donors (Lipinski definition) is 1. The van der Waals surface area contributed by atoms with Gasteiger partial charge < -0.3 is 19.7 Å². The number of benzene rings is 1. The molecule has 1 aromatic carbocycles. The molecular formula is C18H26ClN5S. The third-order valence-electron chi connectivity index (χ3n) is 4.67. The smallest absolute Gasteiger partial charge is 0.173 e. The summed E-state index contributed by atoms with van der Waals surface area (Å²) in [6.45, 7) is 10.4. The van der Waals surface area contributed by atoms with Crippen LogP contribution in [0.1, 0.15) is 26.6 Å². The zero-order chi connectivity index (χ0) is 18.4. The summed E-state index contributed by atoms with van der Waals surface area (Å²) in [6, 6.07) is 3.96. The predicted octanol–water partition coefficient (Wildman–Crippen LogP) is 3.47. The number of fused-ring (bicyclic) bond motifs is 1. The quantitative estimate of drug-likeness (QED) is 0.768. The second-order valence-corrected chi connectivity index (χ2v) is 8.58. The zero-order valence-electron chi connectivity index (χ0n) is 15.6. The number of thiocarbonyl (C=S) groups is 1. The van der Waals surface area contributed by atoms with Crippen LogP contribution in [0.25, 0.3) is 11.0 Å². The van der Waals surface area contributed by atoms with E-state index in [1.165, 1.54) is 0 Å². The molecule has 1 aliphatic rings. The Morgan fingerprint density at radius 2 is 1.80 bits per heavy atom. The first-order valence-electron chi connectivity index (χ1n) is 8.58. The number of imidazole rings is 1. The molecule has 2 aromatic rings. The van der Waals surface area contributed by atoms with E-state index in [2.05, 4.69) is 47.5 Å². The SMILES string of the molecule is CN1CCN(C(=S)Nc2cc3c(cc2Cl)nc(C(C)(C)C)n3C)CC1. The first kappa shape index (κ1) is 18.4. The van der Waals surface area contributed by atoms with Crippen molar-refractivity contribution in [3.8, 4) is 0 Å². The fraction of sp³-hybridized carbons (Fsp3) is 0.556. The van der Waals surface area contributed by atoms with Crippen LogP contribution in [0.2, 0.25) is 5.02 Å². The van der Waals surface area contributed by atoms with Crippen LogP contribution in [0.3, 0.4) is 0 Å². The fourth-order valence-electron chi connectivity index (χ4n) is 3.18. The van der Waals surface area contributed by atoms with Crippen LogP contribution in [-0.4, -0.2) is 57.7 Å². The van der Waals surface area contributed by atoms with Gasteiger partial charge in [0.25, 0.3) is 0 Å². The number of nitrogens with zero attached hydrogens (tertiary/aromatic N) is 4. The minimum Gasteiger partial charge on any atom is -0.346 e. The second-order valence-electron chi connectivity index (χ2n) is 7.79. The van der Waals surface area contributed by atoms with E-state index in [9.17, 15) is 0 Å². The van der Waals surface area contributed by atoms with Crippen molar-refractivity contribution in [2.24, 2.45) is 7.05 Å². The molecule has 3 rings (SSSR count). The van der Waals surface area contributed by atoms with E-state index in [1.807, 2.05) is 19.2 Å². The van der Waals surface area contributed by atoms with Crippen LogP contribution >= 0.6 is 23.8 Å². The lowest BCUT2D eigenvalue weighted by atomic mass is 9.96. The second kappa shape index (κ2) is 6.74. The van der Waals surface area contributed by atoms with E-state index in [0.717, 1.165) is 53.8 Å². The van der Waals surface area contributed by atoms with Crippen LogP contribution in [0, 0.1) is 0 Å². The summed E-state index contributed by atoms with van der Waals surface area (Å²) >= 11 is 12.1. The predicted molar refractivity (Wildman–Crippen MR) is 110 cm³/mol. The maximum absolute atomic E-state index is 6.49. The largest absolute Gasteiger partial charge is 0.346 e. The molecule has 1 fully saturated rings. The van der Waals surface area contributed by atoms with Crippen LogP contribution < -0.4 is 5.32 Å². The molecule has 136 valence electrons. The molecule has 0 radical (unpaired) electrons. The highest BCUT2D eigenvalue weighted by molar-refractivity contribution is 7.80. The van der Waals surface area contributed by atoms with E-state index in [4.69, 9.17) is 28.8 Å². The maximum atomic E-state index is 6.49. The zero-order valence-corrected chi connectivity index (χ0v) is 17.1. The molecule has 25 heavy (non-hydrogen) atoms. The highest BCUT2D eigenvalue weighted by atomic mass is 35.5. The molecule has 5 nitrogen and oxygen atoms in total. The highest BCUT2D eigenvalue weighted by Gasteiger charge is 2.22. The van der Waals surface area contributed by atoms with E-state index < -0.39 is 0 Å². The van der Waals surface area contributed by atoms with Gasteiger partial charge in [-0.1, -0.05) is 32.4 Å². The minimum absolute atomic E-state index is 0.0248. The average Bonchev–Trinajstić information content (AvgIpc) is 2.85. The Hall–Kier alpha value is -1.37. The molecule has 0 spiro atoms. The monoisotopic (exact) mass is 379 g/mol. The summed E-state index contributed by atoms with van der Waals surface area (Å²) in [4.78, 5) is 9.27. The molecule has 2 heterocycles. The van der Waals surface area contributed by atoms with Crippen molar-refractivity contribution in [1.29, 1.82) is 0 Å². The number of aryl methyl sites for hydroxylation is 1. The van der Waals surface area contributed by atoms with Gasteiger partial charge in [0.1, 0.15) is 5.82 Å². The summed E-state index contributed by atoms with van der Waals surface area (Å²) in [5, 5.41) is 4.70. The Bertz CT molecular complexity index is 800. The molecular weight excluding hydrogens is 354 g/mol. The van der Waals surface area contributed by atoms with Gasteiger partial charge in [-0.05, 0) is 31.4 Å². The van der Waals surface area contributed by atoms with E-state index in [0.29, 0.717) is 5.02 Å². The standard InChI is InChI=1S/C18H26ClN5S/c1-18(2,3)16-20-14-10-12(19)13(11-15(14)23(16)5)21-17(25)24-8-6-22(4)7-9-24/h10-11H,6-9H2,1-5H3,(H,21,25). The Morgan fingerprint density at radius 1 is 1.16 bits per heavy atom. The Balaban J connectivity index is 1.88. The van der Waals surface area contributed by atoms with Crippen LogP contribution in [-0.2, 0) is 12.5 Å². The number of likely N-dealkylation sites (N-methyl/N-ethyl adjacent to an activating group) is 1. The number of anilines is 1. The molecule has 0 bridgehead atoms. The van der Waals surface area contributed by atoms with Crippen LogP contribution in [0.4, 0.5) is 5.69 Å². The topological polar surface area (TPSA) is 36.3 Å². The highest BCUT2D eigenvalue weighted by Crippen LogP contribution is 2.31. The number of nitrogens with one attached hydrogen (secondary N) is 1. The van der Waals surface area contributed by atoms with Crippen molar-refractivity contribution in [3.05, 3.63) is 23.0 Å². The Morgan fingerprint density at radius 3 is 2.40 bits per heavy atom. The molecule has 0 atom stereocenters. The average molecular weight is 380 g/mol. The van der Waals surface area contributed by atoms with Gasteiger partial charge in [0, 0.05) is 38.6 Å². The van der Waals surface area contributed by atoms with E-state index >= 15 is 0 Å². The first-order chi connectivity index (χ1) is 11.7. The number of halogens is 1. The van der Waals surface area contributed by atoms with Crippen molar-refractivity contribution in [3.63, 3.8) is 0 Å². The maximum Gasteiger partial charge on any atom is 0.173 e. The van der Waals surface area contributed by atoms with E-state index in [1.54, 1.807) is 0 Å². The summed E-state index contributed by atoms with van der Waals surface area (Å²) in [7, 11) is 4.18. The Kier molecular flexibility index (Phi) is 4.97. The number of rotatable bonds is 1. The molecule has 1 aliphatic heterocycles. The summed E-state index contributed by atoms with van der Waals surface area (Å²) < 4.78 is 2.13. The van der Waals surface area contributed by atoms with Gasteiger partial charge in [-0.2, -0.15) is 0 Å². The van der Waals surface area contributed by atoms with Gasteiger partial charge in [-0.15, -0.1) is 0 Å². The Labute approximate surface area is 159 Å². The van der Waals surface area contributed by atoms with Crippen molar-refractivity contribution >= 4 is 45.7 Å². The van der Waals surface area contributed by atoms with Crippen molar-refractivity contribution in [1.82, 2.24) is 19.4 Å². The lowest BCUT2D eigenvalue weighted by molar-refractivity contribution is 0.217. The van der Waals surface area contributed by atoms with Gasteiger partial charge in [-0.25, -0.2) is 4.98 Å². The minimum atomic E-state index is -0.0248. The van der Waals surface area contributed by atoms with Gasteiger partial charge in [0.2, 0.25) is 0 Å². The molecule has 7 heteroatoms. The lowest BCUT2D eigenvalue weighted by Gasteiger charge is -2.34. The molecule has 0 saturated carbocycles. The van der Waals surface area contributed by atoms with Crippen LogP contribution in [0.15, 0.2) is 12.1 Å². The number of hydrogen-bond acceptors (Lipinski definition) is 3. The van der Waals surface area contributed by atoms with Gasteiger partial charge in [0.05, 0.1) is 21.7 Å². The molecule has 0 unspecified atom stereocenters. The van der Waals surface area contributed by atoms with Gasteiger partial charge in [-0.3, -0.25) is 0 Å². The van der Waals surface area contributed by atoms with E-state index in [-0.39, 0.29) is 5.41 Å². The van der Waals surface area contributed by atoms with Gasteiger partial charge >= 0.3 is 0 Å². The summed E-state index contributed by atoms with van der Waals surface area (Å²) in [6.07, 6.45) is 0. The normalized spacial score (nSPS) is 16.5. The third kappa shape index (κ3) is 3.76. The molecule has 1 saturated heterocycles. The molecule has 0 amide bonds. The first-order valence-corrected chi connectivity index (χ1v) is 9.36.